The molecular formula is C18H8F24N2O4. The van der Waals surface area contributed by atoms with Gasteiger partial charge in [-0.2, -0.15) is 105 Å². The van der Waals surface area contributed by atoms with Gasteiger partial charge in [-0.1, -0.05) is 0 Å². The van der Waals surface area contributed by atoms with Gasteiger partial charge >= 0.3 is 61.0 Å². The van der Waals surface area contributed by atoms with Crippen molar-refractivity contribution in [2.24, 2.45) is 0 Å². The Bertz CT molecular complexity index is 1120. The summed E-state index contributed by atoms with van der Waals surface area (Å²) in [6, 6.07) is -28.2. The highest BCUT2D eigenvalue weighted by atomic mass is 19.4. The molecule has 0 amide bonds. The largest absolute Gasteiger partial charge is 0.486 e. The maximum atomic E-state index is 14.3. The fourth-order valence-electron chi connectivity index (χ4n) is 3.21. The molecule has 2 saturated heterocycles. The van der Waals surface area contributed by atoms with Crippen molar-refractivity contribution in [3.63, 3.8) is 0 Å². The number of ether oxygens (including phenoxy) is 4. The van der Waals surface area contributed by atoms with Crippen LogP contribution in [0.1, 0.15) is 12.8 Å². The van der Waals surface area contributed by atoms with Crippen LogP contribution in [0.4, 0.5) is 105 Å². The topological polar surface area (TPSA) is 43.4 Å². The van der Waals surface area contributed by atoms with Crippen molar-refractivity contribution in [2.45, 2.75) is 73.8 Å². The molecule has 2 aliphatic heterocycles. The van der Waals surface area contributed by atoms with E-state index in [-0.39, 0.29) is 0 Å². The molecule has 48 heavy (non-hydrogen) atoms. The standard InChI is InChI=1S/C18H8F24N2O4/c19-7(43-11(27,28)15(35,36)47-16(37,38)12(43,29)30)5(9(21,22)23)45-3-1-2-4-46-6(10(24,25)26)8(20)44-13(31,32)17(39,40)48-18(41,42)14(44,33)34/h1-4H2/b7-5-,8-6+. The second kappa shape index (κ2) is 11.8. The molecule has 2 fully saturated rings. The number of halogens is 24. The van der Waals surface area contributed by atoms with Gasteiger partial charge in [-0.05, 0) is 12.8 Å². The van der Waals surface area contributed by atoms with Crippen LogP contribution in [0.5, 0.6) is 0 Å². The molecule has 0 aromatic heterocycles. The minimum atomic E-state index is -7.04. The molecule has 0 unspecified atom stereocenters. The number of hydrogen-bond acceptors (Lipinski definition) is 6. The molecule has 282 valence electrons. The van der Waals surface area contributed by atoms with Gasteiger partial charge in [0.1, 0.15) is 0 Å². The van der Waals surface area contributed by atoms with E-state index in [1.807, 2.05) is 9.47 Å². The lowest BCUT2D eigenvalue weighted by atomic mass is 10.2. The quantitative estimate of drug-likeness (QED) is 0.101. The second-order valence-electron chi connectivity index (χ2n) is 8.75. The first kappa shape index (κ1) is 41.1. The van der Waals surface area contributed by atoms with Gasteiger partial charge in [-0.3, -0.25) is 0 Å². The van der Waals surface area contributed by atoms with Crippen LogP contribution < -0.4 is 0 Å². The lowest BCUT2D eigenvalue weighted by Crippen LogP contribution is -2.73. The Morgan fingerprint density at radius 2 is 0.646 bits per heavy atom. The third-order valence-corrected chi connectivity index (χ3v) is 5.35. The normalized spacial score (nSPS) is 26.3. The Labute approximate surface area is 245 Å². The zero-order valence-corrected chi connectivity index (χ0v) is 21.4. The van der Waals surface area contributed by atoms with Crippen molar-refractivity contribution < 1.29 is 124 Å². The number of morpholine rings is 2. The van der Waals surface area contributed by atoms with Gasteiger partial charge < -0.3 is 9.47 Å². The molecule has 0 spiro atoms. The summed E-state index contributed by atoms with van der Waals surface area (Å²) >= 11 is 0. The van der Waals surface area contributed by atoms with Gasteiger partial charge in [-0.25, -0.2) is 19.3 Å². The first-order valence-electron chi connectivity index (χ1n) is 11.2. The zero-order chi connectivity index (χ0) is 38.1. The van der Waals surface area contributed by atoms with E-state index in [4.69, 9.17) is 0 Å². The molecule has 2 aliphatic rings. The summed E-state index contributed by atoms with van der Waals surface area (Å²) in [5.74, 6) is -16.3. The summed E-state index contributed by atoms with van der Waals surface area (Å²) in [6.07, 6.45) is -43.5. The van der Waals surface area contributed by atoms with Gasteiger partial charge in [0.2, 0.25) is 11.9 Å². The van der Waals surface area contributed by atoms with Crippen molar-refractivity contribution in [1.82, 2.24) is 9.80 Å². The molecular weight excluding hydrogens is 764 g/mol. The maximum absolute atomic E-state index is 14.3. The first-order chi connectivity index (χ1) is 21.0. The number of nitrogens with zero attached hydrogens (tertiary/aromatic N) is 2. The van der Waals surface area contributed by atoms with E-state index in [0.717, 1.165) is 0 Å². The predicted molar refractivity (Wildman–Crippen MR) is 94.9 cm³/mol. The van der Waals surface area contributed by atoms with Crippen LogP contribution in [-0.4, -0.2) is 84.0 Å². The van der Waals surface area contributed by atoms with E-state index in [0.29, 0.717) is 0 Å². The SMILES string of the molecule is F/C(=C(\OCCCCO/C(=C(/F)N1C(F)(F)C(F)(F)OC(F)(F)C1(F)F)C(F)(F)F)C(F)(F)F)N1C(F)(F)C(F)(F)OC(F)(F)C1(F)F. The monoisotopic (exact) mass is 772 g/mol. The average Bonchev–Trinajstić information content (AvgIpc) is 2.80. The highest BCUT2D eigenvalue weighted by Crippen LogP contribution is 2.59. The molecule has 0 bridgehead atoms. The fraction of sp³-hybridized carbons (Fsp3) is 0.778. The van der Waals surface area contributed by atoms with Crippen LogP contribution in [-0.2, 0) is 18.9 Å². The average molecular weight is 772 g/mol. The number of hydrogen-bond donors (Lipinski definition) is 0. The zero-order valence-electron chi connectivity index (χ0n) is 21.4. The minimum absolute atomic E-state index is 1.46. The third-order valence-electron chi connectivity index (χ3n) is 5.35. The van der Waals surface area contributed by atoms with E-state index in [9.17, 15) is 105 Å². The molecule has 6 nitrogen and oxygen atoms in total. The lowest BCUT2D eigenvalue weighted by molar-refractivity contribution is -0.559. The summed E-state index contributed by atoms with van der Waals surface area (Å²) in [7, 11) is 0. The van der Waals surface area contributed by atoms with Crippen LogP contribution in [0, 0.1) is 0 Å². The minimum Gasteiger partial charge on any atom is -0.486 e. The molecule has 2 heterocycles. The van der Waals surface area contributed by atoms with E-state index in [1.165, 1.54) is 0 Å². The van der Waals surface area contributed by atoms with Crippen molar-refractivity contribution in [1.29, 1.82) is 0 Å². The van der Waals surface area contributed by atoms with Gasteiger partial charge in [0.15, 0.2) is 0 Å². The first-order valence-corrected chi connectivity index (χ1v) is 11.2. The molecule has 0 saturated carbocycles. The summed E-state index contributed by atoms with van der Waals surface area (Å²) in [4.78, 5) is -6.74. The van der Waals surface area contributed by atoms with Crippen LogP contribution in [0.25, 0.3) is 0 Å². The summed E-state index contributed by atoms with van der Waals surface area (Å²) in [6.45, 7) is -3.99. The van der Waals surface area contributed by atoms with Crippen molar-refractivity contribution in [3.05, 3.63) is 23.4 Å². The molecule has 0 N–H and O–H groups in total. The highest BCUT2D eigenvalue weighted by molar-refractivity contribution is 5.14. The van der Waals surface area contributed by atoms with Crippen LogP contribution >= 0.6 is 0 Å². The molecule has 0 radical (unpaired) electrons. The lowest BCUT2D eigenvalue weighted by Gasteiger charge is -2.47. The van der Waals surface area contributed by atoms with E-state index in [2.05, 4.69) is 9.47 Å². The maximum Gasteiger partial charge on any atom is 0.453 e. The number of rotatable bonds is 9. The smallest absolute Gasteiger partial charge is 0.453 e. The Morgan fingerprint density at radius 3 is 0.833 bits per heavy atom. The Morgan fingerprint density at radius 1 is 0.438 bits per heavy atom. The second-order valence-corrected chi connectivity index (χ2v) is 8.75. The molecule has 0 aromatic carbocycles. The van der Waals surface area contributed by atoms with Crippen molar-refractivity contribution in [2.75, 3.05) is 13.2 Å². The molecule has 30 heteroatoms. The summed E-state index contributed by atoms with van der Waals surface area (Å²) in [5.41, 5.74) is 0. The Kier molecular flexibility index (Phi) is 10.1. The summed E-state index contributed by atoms with van der Waals surface area (Å²) in [5, 5.41) is 0. The van der Waals surface area contributed by atoms with Gasteiger partial charge in [-0.15, -0.1) is 0 Å². The number of unbranched alkanes of at least 4 members (excludes halogenated alkanes) is 1. The number of allylic oxidation sites excluding steroid dienone is 2. The summed E-state index contributed by atoms with van der Waals surface area (Å²) < 4.78 is 334. The van der Waals surface area contributed by atoms with Crippen LogP contribution in [0.15, 0.2) is 23.4 Å². The fourth-order valence-corrected chi connectivity index (χ4v) is 3.21. The van der Waals surface area contributed by atoms with E-state index in [1.54, 1.807) is 0 Å². The molecule has 0 aliphatic carbocycles. The van der Waals surface area contributed by atoms with Crippen molar-refractivity contribution in [3.8, 4) is 0 Å². The van der Waals surface area contributed by atoms with E-state index < -0.39 is 120 Å². The third kappa shape index (κ3) is 6.72. The van der Waals surface area contributed by atoms with Gasteiger partial charge in [0.05, 0.1) is 13.2 Å². The van der Waals surface area contributed by atoms with Gasteiger partial charge in [0, 0.05) is 0 Å². The molecule has 0 atom stereocenters. The van der Waals surface area contributed by atoms with Crippen LogP contribution in [0.3, 0.4) is 0 Å². The number of alkyl halides is 22. The molecule has 2 rings (SSSR count). The highest BCUT2D eigenvalue weighted by Gasteiger charge is 2.85. The van der Waals surface area contributed by atoms with Crippen LogP contribution in [0.2, 0.25) is 0 Å². The van der Waals surface area contributed by atoms with E-state index >= 15 is 0 Å². The Balaban J connectivity index is 2.34. The predicted octanol–water partition coefficient (Wildman–Crippen LogP) is 8.61. The molecule has 0 aromatic rings. The van der Waals surface area contributed by atoms with Crippen molar-refractivity contribution >= 4 is 0 Å². The van der Waals surface area contributed by atoms with Gasteiger partial charge in [0.25, 0.3) is 11.5 Å². The Hall–Kier alpha value is -3.08.